The molecule has 2 aromatic carbocycles. The summed E-state index contributed by atoms with van der Waals surface area (Å²) in [5.41, 5.74) is 0.810. The van der Waals surface area contributed by atoms with E-state index in [0.29, 0.717) is 9.99 Å². The topological polar surface area (TPSA) is 72.6 Å². The number of carboxylic acids is 1. The molecule has 5 nitrogen and oxygen atoms in total. The Morgan fingerprint density at radius 3 is 2.81 bits per heavy atom. The number of rotatable bonds is 3. The van der Waals surface area contributed by atoms with Gasteiger partial charge in [0.2, 0.25) is 0 Å². The summed E-state index contributed by atoms with van der Waals surface area (Å²) in [5.74, 6) is -1.32. The van der Waals surface area contributed by atoms with E-state index >= 15 is 0 Å². The predicted molar refractivity (Wildman–Crippen MR) is 75.1 cm³/mol. The molecule has 0 unspecified atom stereocenters. The molecule has 0 aliphatic heterocycles. The van der Waals surface area contributed by atoms with Gasteiger partial charge in [0.1, 0.15) is 17.1 Å². The number of benzene rings is 2. The molecule has 1 heterocycles. The molecule has 1 N–H and O–H groups in total. The Balaban J connectivity index is 1.95. The number of nitrogens with zero attached hydrogens (tertiary/aromatic N) is 1. The molecule has 0 radical (unpaired) electrons. The van der Waals surface area contributed by atoms with Crippen LogP contribution in [0.3, 0.4) is 0 Å². The van der Waals surface area contributed by atoms with Crippen molar-refractivity contribution in [1.82, 2.24) is 4.98 Å². The van der Waals surface area contributed by atoms with E-state index in [4.69, 9.17) is 14.3 Å². The van der Waals surface area contributed by atoms with Crippen molar-refractivity contribution in [2.45, 2.75) is 0 Å². The molecule has 0 spiro atoms. The van der Waals surface area contributed by atoms with Gasteiger partial charge >= 0.3 is 12.0 Å². The Morgan fingerprint density at radius 1 is 1.29 bits per heavy atom. The number of ether oxygens (including phenoxy) is 1. The van der Waals surface area contributed by atoms with Crippen LogP contribution in [-0.2, 0) is 0 Å². The van der Waals surface area contributed by atoms with Crippen LogP contribution >= 0.6 is 15.9 Å². The van der Waals surface area contributed by atoms with Crippen LogP contribution in [-0.4, -0.2) is 16.1 Å². The van der Waals surface area contributed by atoms with Crippen LogP contribution in [0.1, 0.15) is 10.4 Å². The average Bonchev–Trinajstić information content (AvgIpc) is 2.78. The molecule has 0 atom stereocenters. The minimum absolute atomic E-state index is 0.0821. The maximum Gasteiger partial charge on any atom is 0.400 e. The molecule has 21 heavy (non-hydrogen) atoms. The average molecular weight is 352 g/mol. The molecule has 0 saturated carbocycles. The molecule has 0 aliphatic carbocycles. The Kier molecular flexibility index (Phi) is 3.34. The quantitative estimate of drug-likeness (QED) is 0.764. The van der Waals surface area contributed by atoms with Crippen molar-refractivity contribution in [2.24, 2.45) is 0 Å². The van der Waals surface area contributed by atoms with Crippen LogP contribution in [0, 0.1) is 5.82 Å². The molecule has 3 rings (SSSR count). The van der Waals surface area contributed by atoms with E-state index in [0.717, 1.165) is 0 Å². The lowest BCUT2D eigenvalue weighted by Gasteiger charge is -2.01. The van der Waals surface area contributed by atoms with Gasteiger partial charge in [-0.05, 0) is 30.3 Å². The van der Waals surface area contributed by atoms with E-state index < -0.39 is 11.8 Å². The van der Waals surface area contributed by atoms with Crippen LogP contribution in [0.15, 0.2) is 45.3 Å². The molecule has 0 fully saturated rings. The summed E-state index contributed by atoms with van der Waals surface area (Å²) < 4.78 is 24.4. The van der Waals surface area contributed by atoms with Gasteiger partial charge in [-0.3, -0.25) is 0 Å². The Hall–Kier alpha value is -2.41. The SMILES string of the molecule is O=C(O)c1ccc2nc(Oc3cc(F)cc(Br)c3)oc2c1. The minimum Gasteiger partial charge on any atom is -0.478 e. The van der Waals surface area contributed by atoms with Gasteiger partial charge in [0.25, 0.3) is 0 Å². The van der Waals surface area contributed by atoms with E-state index in [2.05, 4.69) is 20.9 Å². The molecule has 106 valence electrons. The first-order chi connectivity index (χ1) is 10.0. The molecule has 0 saturated heterocycles. The van der Waals surface area contributed by atoms with Crippen LogP contribution in [0.4, 0.5) is 4.39 Å². The smallest absolute Gasteiger partial charge is 0.400 e. The van der Waals surface area contributed by atoms with E-state index in [1.165, 1.54) is 30.3 Å². The first kappa shape index (κ1) is 13.6. The summed E-state index contributed by atoms with van der Waals surface area (Å²) in [7, 11) is 0. The van der Waals surface area contributed by atoms with Crippen LogP contribution in [0.5, 0.6) is 11.8 Å². The van der Waals surface area contributed by atoms with Crippen LogP contribution < -0.4 is 4.74 Å². The second kappa shape index (κ2) is 5.17. The number of oxazole rings is 1. The van der Waals surface area contributed by atoms with Crippen molar-refractivity contribution in [3.63, 3.8) is 0 Å². The van der Waals surface area contributed by atoms with E-state index in [1.807, 2.05) is 0 Å². The standard InChI is InChI=1S/C14H7BrFNO4/c15-8-4-9(16)6-10(5-8)20-14-17-11-2-1-7(13(18)19)3-12(11)21-14/h1-6H,(H,18,19). The van der Waals surface area contributed by atoms with E-state index in [-0.39, 0.29) is 23.0 Å². The number of hydrogen-bond donors (Lipinski definition) is 1. The van der Waals surface area contributed by atoms with Crippen molar-refractivity contribution in [3.05, 3.63) is 52.3 Å². The van der Waals surface area contributed by atoms with Gasteiger partial charge in [0, 0.05) is 10.5 Å². The largest absolute Gasteiger partial charge is 0.478 e. The molecule has 0 aliphatic rings. The van der Waals surface area contributed by atoms with Gasteiger partial charge in [0.15, 0.2) is 5.58 Å². The normalized spacial score (nSPS) is 10.8. The number of halogens is 2. The zero-order valence-corrected chi connectivity index (χ0v) is 11.9. The molecule has 0 amide bonds. The van der Waals surface area contributed by atoms with Crippen molar-refractivity contribution in [2.75, 3.05) is 0 Å². The lowest BCUT2D eigenvalue weighted by atomic mass is 10.2. The zero-order chi connectivity index (χ0) is 15.0. The first-order valence-electron chi connectivity index (χ1n) is 5.79. The predicted octanol–water partition coefficient (Wildman–Crippen LogP) is 4.22. The fourth-order valence-electron chi connectivity index (χ4n) is 1.77. The highest BCUT2D eigenvalue weighted by Crippen LogP contribution is 2.28. The number of fused-ring (bicyclic) bond motifs is 1. The third-order valence-corrected chi connectivity index (χ3v) is 3.11. The fourth-order valence-corrected chi connectivity index (χ4v) is 2.21. The van der Waals surface area contributed by atoms with Gasteiger partial charge in [-0.15, -0.1) is 0 Å². The number of aromatic carboxylic acids is 1. The lowest BCUT2D eigenvalue weighted by Crippen LogP contribution is -1.94. The first-order valence-corrected chi connectivity index (χ1v) is 6.58. The molecule has 3 aromatic rings. The highest BCUT2D eigenvalue weighted by Gasteiger charge is 2.12. The van der Waals surface area contributed by atoms with Crippen molar-refractivity contribution in [1.29, 1.82) is 0 Å². The highest BCUT2D eigenvalue weighted by molar-refractivity contribution is 9.10. The van der Waals surface area contributed by atoms with E-state index in [9.17, 15) is 9.18 Å². The van der Waals surface area contributed by atoms with Gasteiger partial charge in [-0.2, -0.15) is 4.98 Å². The zero-order valence-electron chi connectivity index (χ0n) is 10.3. The molecular formula is C14H7BrFNO4. The van der Waals surface area contributed by atoms with Gasteiger partial charge < -0.3 is 14.3 Å². The maximum atomic E-state index is 13.3. The van der Waals surface area contributed by atoms with Crippen LogP contribution in [0.2, 0.25) is 0 Å². The van der Waals surface area contributed by atoms with Crippen molar-refractivity contribution < 1.29 is 23.4 Å². The Morgan fingerprint density at radius 2 is 2.10 bits per heavy atom. The van der Waals surface area contributed by atoms with Gasteiger partial charge in [0.05, 0.1) is 5.56 Å². The second-order valence-electron chi connectivity index (χ2n) is 4.17. The summed E-state index contributed by atoms with van der Waals surface area (Å²) in [5, 5.41) is 8.91. The van der Waals surface area contributed by atoms with Crippen molar-refractivity contribution >= 4 is 33.0 Å². The minimum atomic E-state index is -1.06. The third kappa shape index (κ3) is 2.87. The summed E-state index contributed by atoms with van der Waals surface area (Å²) in [6, 6.07) is 8.30. The number of carbonyl (C=O) groups is 1. The maximum absolute atomic E-state index is 13.3. The Bertz CT molecular complexity index is 826. The fraction of sp³-hybridized carbons (Fsp3) is 0. The molecule has 7 heteroatoms. The van der Waals surface area contributed by atoms with Gasteiger partial charge in [-0.1, -0.05) is 15.9 Å². The molecule has 1 aromatic heterocycles. The molecular weight excluding hydrogens is 345 g/mol. The summed E-state index contributed by atoms with van der Waals surface area (Å²) in [6.45, 7) is 0. The highest BCUT2D eigenvalue weighted by atomic mass is 79.9. The Labute approximate surface area is 126 Å². The summed E-state index contributed by atoms with van der Waals surface area (Å²) >= 11 is 3.15. The van der Waals surface area contributed by atoms with Gasteiger partial charge in [-0.25, -0.2) is 9.18 Å². The van der Waals surface area contributed by atoms with Crippen molar-refractivity contribution in [3.8, 4) is 11.8 Å². The summed E-state index contributed by atoms with van der Waals surface area (Å²) in [4.78, 5) is 14.9. The monoisotopic (exact) mass is 351 g/mol. The number of hydrogen-bond acceptors (Lipinski definition) is 4. The second-order valence-corrected chi connectivity index (χ2v) is 5.09. The third-order valence-electron chi connectivity index (χ3n) is 2.66. The lowest BCUT2D eigenvalue weighted by molar-refractivity contribution is 0.0697. The van der Waals surface area contributed by atoms with Crippen LogP contribution in [0.25, 0.3) is 11.1 Å². The number of aromatic nitrogens is 1. The van der Waals surface area contributed by atoms with E-state index in [1.54, 1.807) is 6.07 Å². The molecule has 0 bridgehead atoms. The summed E-state index contributed by atoms with van der Waals surface area (Å²) in [6.07, 6.45) is -0.0926. The number of carboxylic acid groups (broad SMARTS) is 1.